The number of benzene rings is 1. The van der Waals surface area contributed by atoms with E-state index in [1.165, 1.54) is 7.11 Å². The van der Waals surface area contributed by atoms with E-state index >= 15 is 0 Å². The highest BCUT2D eigenvalue weighted by Crippen LogP contribution is 2.12. The second-order valence-corrected chi connectivity index (χ2v) is 3.07. The Morgan fingerprint density at radius 1 is 1.36 bits per heavy atom. The number of carbonyl (C=O) groups excluding carboxylic acids is 1. The summed E-state index contributed by atoms with van der Waals surface area (Å²) in [5, 5.41) is 0. The Morgan fingerprint density at radius 2 is 2.07 bits per heavy atom. The van der Waals surface area contributed by atoms with Crippen LogP contribution >= 0.6 is 0 Å². The summed E-state index contributed by atoms with van der Waals surface area (Å²) in [6, 6.07) is 5.55. The molecule has 1 aromatic carbocycles. The van der Waals surface area contributed by atoms with Crippen molar-refractivity contribution < 1.29 is 14.3 Å². The van der Waals surface area contributed by atoms with E-state index < -0.39 is 0 Å². The maximum atomic E-state index is 11.2. The van der Waals surface area contributed by atoms with Crippen LogP contribution in [-0.2, 0) is 16.1 Å². The monoisotopic (exact) mass is 194 g/mol. The molecule has 0 saturated carbocycles. The number of methoxy groups -OCH3 is 2. The Morgan fingerprint density at radius 3 is 2.57 bits per heavy atom. The number of carbonyl (C=O) groups is 1. The average molecular weight is 194 g/mol. The van der Waals surface area contributed by atoms with Gasteiger partial charge in [0.25, 0.3) is 0 Å². The van der Waals surface area contributed by atoms with Crippen LogP contribution in [0.25, 0.3) is 0 Å². The molecule has 0 bridgehead atoms. The number of ether oxygens (including phenoxy) is 2. The topological polar surface area (TPSA) is 35.5 Å². The summed E-state index contributed by atoms with van der Waals surface area (Å²) >= 11 is 0. The fraction of sp³-hybridized carbons (Fsp3) is 0.364. The molecule has 0 aliphatic carbocycles. The largest absolute Gasteiger partial charge is 0.465 e. The van der Waals surface area contributed by atoms with Crippen LogP contribution < -0.4 is 0 Å². The smallest absolute Gasteiger partial charge is 0.338 e. The summed E-state index contributed by atoms with van der Waals surface area (Å²) in [5.74, 6) is -0.300. The third kappa shape index (κ3) is 2.33. The van der Waals surface area contributed by atoms with E-state index in [2.05, 4.69) is 4.74 Å². The van der Waals surface area contributed by atoms with E-state index in [4.69, 9.17) is 4.74 Å². The molecule has 14 heavy (non-hydrogen) atoms. The lowest BCUT2D eigenvalue weighted by Crippen LogP contribution is -2.04. The van der Waals surface area contributed by atoms with Gasteiger partial charge in [0.2, 0.25) is 0 Å². The van der Waals surface area contributed by atoms with Gasteiger partial charge >= 0.3 is 5.97 Å². The fourth-order valence-corrected chi connectivity index (χ4v) is 1.32. The van der Waals surface area contributed by atoms with Crippen LogP contribution in [0.1, 0.15) is 21.5 Å². The van der Waals surface area contributed by atoms with E-state index in [-0.39, 0.29) is 5.97 Å². The number of rotatable bonds is 3. The first-order chi connectivity index (χ1) is 6.69. The van der Waals surface area contributed by atoms with Gasteiger partial charge in [0.1, 0.15) is 0 Å². The molecule has 76 valence electrons. The van der Waals surface area contributed by atoms with Crippen molar-refractivity contribution in [3.63, 3.8) is 0 Å². The molecule has 0 radical (unpaired) electrons. The van der Waals surface area contributed by atoms with Gasteiger partial charge < -0.3 is 9.47 Å². The Bertz CT molecular complexity index is 331. The molecule has 0 N–H and O–H groups in total. The van der Waals surface area contributed by atoms with Crippen molar-refractivity contribution >= 4 is 5.97 Å². The predicted molar refractivity (Wildman–Crippen MR) is 53.2 cm³/mol. The van der Waals surface area contributed by atoms with Crippen molar-refractivity contribution in [2.75, 3.05) is 14.2 Å². The molecule has 1 rings (SSSR count). The standard InChI is InChI=1S/C11H14O3/c1-8-6-9(7-13-2)4-5-10(8)11(12)14-3/h4-6H,7H2,1-3H3. The molecular weight excluding hydrogens is 180 g/mol. The average Bonchev–Trinajstić information content (AvgIpc) is 2.17. The fourth-order valence-electron chi connectivity index (χ4n) is 1.32. The Hall–Kier alpha value is -1.35. The molecule has 0 spiro atoms. The lowest BCUT2D eigenvalue weighted by molar-refractivity contribution is 0.0600. The van der Waals surface area contributed by atoms with Gasteiger partial charge in [0, 0.05) is 7.11 Å². The van der Waals surface area contributed by atoms with Gasteiger partial charge in [-0.3, -0.25) is 0 Å². The summed E-state index contributed by atoms with van der Waals surface area (Å²) in [4.78, 5) is 11.2. The molecule has 0 aliphatic heterocycles. The van der Waals surface area contributed by atoms with Crippen LogP contribution in [-0.4, -0.2) is 20.2 Å². The van der Waals surface area contributed by atoms with Gasteiger partial charge in [-0.05, 0) is 24.1 Å². The first-order valence-electron chi connectivity index (χ1n) is 4.36. The zero-order chi connectivity index (χ0) is 10.6. The molecular formula is C11H14O3. The van der Waals surface area contributed by atoms with Crippen molar-refractivity contribution in [3.8, 4) is 0 Å². The SMILES string of the molecule is COCc1ccc(C(=O)OC)c(C)c1. The predicted octanol–water partition coefficient (Wildman–Crippen LogP) is 1.93. The van der Waals surface area contributed by atoms with Gasteiger partial charge in [-0.15, -0.1) is 0 Å². The Balaban J connectivity index is 2.95. The molecule has 0 unspecified atom stereocenters. The number of aryl methyl sites for hydroxylation is 1. The number of esters is 1. The van der Waals surface area contributed by atoms with Gasteiger partial charge in [0.15, 0.2) is 0 Å². The number of hydrogen-bond donors (Lipinski definition) is 0. The Kier molecular flexibility index (Phi) is 3.65. The number of hydrogen-bond acceptors (Lipinski definition) is 3. The lowest BCUT2D eigenvalue weighted by atomic mass is 10.1. The van der Waals surface area contributed by atoms with Crippen LogP contribution in [0.15, 0.2) is 18.2 Å². The van der Waals surface area contributed by atoms with Crippen LogP contribution in [0, 0.1) is 6.92 Å². The summed E-state index contributed by atoms with van der Waals surface area (Å²) in [6.45, 7) is 2.44. The van der Waals surface area contributed by atoms with Crippen molar-refractivity contribution in [3.05, 3.63) is 34.9 Å². The molecule has 0 amide bonds. The minimum Gasteiger partial charge on any atom is -0.465 e. The third-order valence-corrected chi connectivity index (χ3v) is 2.01. The Labute approximate surface area is 83.6 Å². The lowest BCUT2D eigenvalue weighted by Gasteiger charge is -2.06. The van der Waals surface area contributed by atoms with Crippen LogP contribution in [0.3, 0.4) is 0 Å². The van der Waals surface area contributed by atoms with Gasteiger partial charge in [-0.25, -0.2) is 4.79 Å². The quantitative estimate of drug-likeness (QED) is 0.690. The van der Waals surface area contributed by atoms with E-state index in [9.17, 15) is 4.79 Å². The van der Waals surface area contributed by atoms with Crippen molar-refractivity contribution in [1.82, 2.24) is 0 Å². The van der Waals surface area contributed by atoms with Gasteiger partial charge in [0.05, 0.1) is 19.3 Å². The maximum Gasteiger partial charge on any atom is 0.338 e. The summed E-state index contributed by atoms with van der Waals surface area (Å²) in [5.41, 5.74) is 2.57. The zero-order valence-electron chi connectivity index (χ0n) is 8.66. The third-order valence-electron chi connectivity index (χ3n) is 2.01. The van der Waals surface area contributed by atoms with E-state index in [1.54, 1.807) is 13.2 Å². The highest BCUT2D eigenvalue weighted by Gasteiger charge is 2.08. The van der Waals surface area contributed by atoms with Gasteiger partial charge in [-0.2, -0.15) is 0 Å². The highest BCUT2D eigenvalue weighted by molar-refractivity contribution is 5.90. The summed E-state index contributed by atoms with van der Waals surface area (Å²) < 4.78 is 9.64. The molecule has 0 heterocycles. The molecule has 0 atom stereocenters. The van der Waals surface area contributed by atoms with E-state index in [1.807, 2.05) is 19.1 Å². The summed E-state index contributed by atoms with van der Waals surface area (Å²) in [7, 11) is 3.02. The first-order valence-corrected chi connectivity index (χ1v) is 4.36. The highest BCUT2D eigenvalue weighted by atomic mass is 16.5. The second kappa shape index (κ2) is 4.77. The zero-order valence-corrected chi connectivity index (χ0v) is 8.66. The molecule has 0 saturated heterocycles. The second-order valence-electron chi connectivity index (χ2n) is 3.07. The molecule has 3 heteroatoms. The molecule has 0 aliphatic rings. The van der Waals surface area contributed by atoms with E-state index in [0.29, 0.717) is 12.2 Å². The molecule has 1 aromatic rings. The van der Waals surface area contributed by atoms with Crippen LogP contribution in [0.5, 0.6) is 0 Å². The normalized spacial score (nSPS) is 9.93. The van der Waals surface area contributed by atoms with Crippen LogP contribution in [0.4, 0.5) is 0 Å². The van der Waals surface area contributed by atoms with Crippen molar-refractivity contribution in [2.24, 2.45) is 0 Å². The minimum absolute atomic E-state index is 0.300. The molecule has 0 aromatic heterocycles. The van der Waals surface area contributed by atoms with Crippen LogP contribution in [0.2, 0.25) is 0 Å². The maximum absolute atomic E-state index is 11.2. The van der Waals surface area contributed by atoms with Gasteiger partial charge in [-0.1, -0.05) is 12.1 Å². The summed E-state index contributed by atoms with van der Waals surface area (Å²) in [6.07, 6.45) is 0. The minimum atomic E-state index is -0.300. The molecule has 0 fully saturated rings. The van der Waals surface area contributed by atoms with Crippen molar-refractivity contribution in [1.29, 1.82) is 0 Å². The first kappa shape index (κ1) is 10.7. The van der Waals surface area contributed by atoms with Crippen molar-refractivity contribution in [2.45, 2.75) is 13.5 Å². The molecule has 3 nitrogen and oxygen atoms in total. The van der Waals surface area contributed by atoms with E-state index in [0.717, 1.165) is 11.1 Å².